The van der Waals surface area contributed by atoms with E-state index in [4.69, 9.17) is 30.5 Å². The molecule has 0 radical (unpaired) electrons. The molecule has 2 aromatic carbocycles. The summed E-state index contributed by atoms with van der Waals surface area (Å²) in [6, 6.07) is 7.98. The van der Waals surface area contributed by atoms with Crippen LogP contribution in [-0.2, 0) is 9.53 Å². The summed E-state index contributed by atoms with van der Waals surface area (Å²) in [6.45, 7) is 5.96. The molecular weight excluding hydrogens is 596 g/mol. The number of nitrogens with zero attached hydrogens (tertiary/aromatic N) is 2. The number of aromatic nitrogens is 1. The van der Waals surface area contributed by atoms with Crippen LogP contribution in [0.25, 0.3) is 6.08 Å². The van der Waals surface area contributed by atoms with Gasteiger partial charge in [-0.1, -0.05) is 44.9 Å². The van der Waals surface area contributed by atoms with Crippen molar-refractivity contribution in [3.05, 3.63) is 81.9 Å². The fourth-order valence-electron chi connectivity index (χ4n) is 4.20. The number of halogens is 2. The molecule has 1 atom stereocenters. The molecular formula is C27H26BrClN2O6S. The van der Waals surface area contributed by atoms with Crippen LogP contribution in [0.4, 0.5) is 0 Å². The minimum Gasteiger partial charge on any atom is -0.495 e. The minimum absolute atomic E-state index is 0.179. The zero-order valence-electron chi connectivity index (χ0n) is 21.5. The van der Waals surface area contributed by atoms with E-state index in [1.54, 1.807) is 44.2 Å². The molecule has 0 spiro atoms. The van der Waals surface area contributed by atoms with E-state index < -0.39 is 12.0 Å². The normalized spacial score (nSPS) is 15.1. The van der Waals surface area contributed by atoms with Gasteiger partial charge in [0.05, 0.1) is 54.3 Å². The van der Waals surface area contributed by atoms with E-state index in [1.807, 2.05) is 13.0 Å². The molecule has 1 aromatic heterocycles. The van der Waals surface area contributed by atoms with Crippen molar-refractivity contribution in [3.8, 4) is 17.2 Å². The zero-order chi connectivity index (χ0) is 27.6. The van der Waals surface area contributed by atoms with E-state index in [-0.39, 0.29) is 17.7 Å². The van der Waals surface area contributed by atoms with Crippen LogP contribution in [-0.4, -0.2) is 38.0 Å². The second-order valence-electron chi connectivity index (χ2n) is 8.15. The van der Waals surface area contributed by atoms with Crippen molar-refractivity contribution >= 4 is 50.9 Å². The Morgan fingerprint density at radius 1 is 1.13 bits per heavy atom. The van der Waals surface area contributed by atoms with Gasteiger partial charge in [-0.2, -0.15) is 0 Å². The summed E-state index contributed by atoms with van der Waals surface area (Å²) in [5.74, 6) is 0.995. The lowest BCUT2D eigenvalue weighted by Gasteiger charge is -2.26. The number of hydrogen-bond acceptors (Lipinski definition) is 8. The molecule has 1 aliphatic rings. The van der Waals surface area contributed by atoms with Crippen molar-refractivity contribution in [1.82, 2.24) is 4.57 Å². The van der Waals surface area contributed by atoms with Crippen molar-refractivity contribution in [2.45, 2.75) is 26.8 Å². The molecule has 200 valence electrons. The largest absolute Gasteiger partial charge is 0.495 e. The molecule has 3 aromatic rings. The molecule has 8 nitrogen and oxygen atoms in total. The molecule has 4 rings (SSSR count). The van der Waals surface area contributed by atoms with Gasteiger partial charge < -0.3 is 18.9 Å². The van der Waals surface area contributed by atoms with E-state index in [9.17, 15) is 9.59 Å². The van der Waals surface area contributed by atoms with Gasteiger partial charge in [0.15, 0.2) is 16.3 Å². The number of thiazole rings is 1. The smallest absolute Gasteiger partial charge is 0.338 e. The van der Waals surface area contributed by atoms with Crippen molar-refractivity contribution in [3.63, 3.8) is 0 Å². The number of fused-ring (bicyclic) bond motifs is 1. The number of esters is 1. The van der Waals surface area contributed by atoms with E-state index >= 15 is 0 Å². The highest BCUT2D eigenvalue weighted by molar-refractivity contribution is 9.10. The summed E-state index contributed by atoms with van der Waals surface area (Å²) in [5, 5.41) is 0.428. The van der Waals surface area contributed by atoms with E-state index in [1.165, 1.54) is 30.1 Å². The number of methoxy groups -OCH3 is 2. The number of allylic oxidation sites excluding steroid dienone is 1. The van der Waals surface area contributed by atoms with Gasteiger partial charge in [0.1, 0.15) is 5.75 Å². The van der Waals surface area contributed by atoms with Crippen molar-refractivity contribution in [2.24, 2.45) is 4.99 Å². The molecule has 11 heteroatoms. The summed E-state index contributed by atoms with van der Waals surface area (Å²) < 4.78 is 24.5. The fraction of sp³-hybridized carbons (Fsp3) is 0.296. The summed E-state index contributed by atoms with van der Waals surface area (Å²) in [5.41, 5.74) is 1.78. The highest BCUT2D eigenvalue weighted by Crippen LogP contribution is 2.41. The number of benzene rings is 2. The SMILES string of the molecule is CCOC(=O)C1=C(C)N=c2s/c(=C\c3ccc(OC)c(Cl)c3)c(=O)n2[C@@H]1c1cc(OC)c(OCC)cc1Br. The Balaban J connectivity index is 1.98. The second kappa shape index (κ2) is 11.8. The molecule has 0 saturated heterocycles. The Bertz CT molecular complexity index is 1610. The van der Waals surface area contributed by atoms with Crippen molar-refractivity contribution in [2.75, 3.05) is 27.4 Å². The third-order valence-corrected chi connectivity index (χ3v) is 7.83. The van der Waals surface area contributed by atoms with Gasteiger partial charge >= 0.3 is 5.97 Å². The maximum atomic E-state index is 13.9. The van der Waals surface area contributed by atoms with Gasteiger partial charge in [0.25, 0.3) is 5.56 Å². The highest BCUT2D eigenvalue weighted by atomic mass is 79.9. The Kier molecular flexibility index (Phi) is 8.64. The van der Waals surface area contributed by atoms with Gasteiger partial charge in [-0.25, -0.2) is 9.79 Å². The molecule has 0 fully saturated rings. The maximum absolute atomic E-state index is 13.9. The molecule has 38 heavy (non-hydrogen) atoms. The van der Waals surface area contributed by atoms with Crippen LogP contribution in [0.15, 0.2) is 55.9 Å². The van der Waals surface area contributed by atoms with E-state index in [0.717, 1.165) is 5.56 Å². The van der Waals surface area contributed by atoms with Gasteiger partial charge in [-0.05, 0) is 62.2 Å². The lowest BCUT2D eigenvalue weighted by molar-refractivity contribution is -0.139. The van der Waals surface area contributed by atoms with E-state index in [2.05, 4.69) is 20.9 Å². The highest BCUT2D eigenvalue weighted by Gasteiger charge is 2.35. The molecule has 0 bridgehead atoms. The quantitative estimate of drug-likeness (QED) is 0.341. The first-order valence-electron chi connectivity index (χ1n) is 11.8. The van der Waals surface area contributed by atoms with Crippen molar-refractivity contribution < 1.29 is 23.7 Å². The van der Waals surface area contributed by atoms with Crippen LogP contribution >= 0.6 is 38.9 Å². The summed E-state index contributed by atoms with van der Waals surface area (Å²) in [7, 11) is 3.07. The van der Waals surface area contributed by atoms with Gasteiger partial charge in [-0.15, -0.1) is 0 Å². The molecule has 0 aliphatic carbocycles. The number of rotatable bonds is 8. The second-order valence-corrected chi connectivity index (χ2v) is 10.4. The first-order valence-corrected chi connectivity index (χ1v) is 13.8. The standard InChI is InChI=1S/C27H26BrClN2O6S/c1-6-36-21-13-17(28)16(12-20(21)35-5)24-23(26(33)37-7-2)14(3)30-27-31(24)25(32)22(38-27)11-15-8-9-19(34-4)18(29)10-15/h8-13,24H,6-7H2,1-5H3/b22-11-/t24-/m1/s1. The topological polar surface area (TPSA) is 88.4 Å². The Morgan fingerprint density at radius 2 is 1.87 bits per heavy atom. The molecule has 0 unspecified atom stereocenters. The maximum Gasteiger partial charge on any atom is 0.338 e. The third kappa shape index (κ3) is 5.25. The van der Waals surface area contributed by atoms with Crippen LogP contribution in [0.5, 0.6) is 17.2 Å². The minimum atomic E-state index is -0.814. The molecule has 0 N–H and O–H groups in total. The Hall–Kier alpha value is -3.08. The lowest BCUT2D eigenvalue weighted by Crippen LogP contribution is -2.40. The number of carbonyl (C=O) groups is 1. The molecule has 1 aliphatic heterocycles. The summed E-state index contributed by atoms with van der Waals surface area (Å²) in [4.78, 5) is 32.1. The Labute approximate surface area is 236 Å². The molecule has 0 saturated carbocycles. The third-order valence-electron chi connectivity index (χ3n) is 5.87. The predicted octanol–water partition coefficient (Wildman–Crippen LogP) is 4.63. The first-order chi connectivity index (χ1) is 18.2. The summed E-state index contributed by atoms with van der Waals surface area (Å²) in [6.07, 6.45) is 1.74. The lowest BCUT2D eigenvalue weighted by atomic mass is 9.95. The van der Waals surface area contributed by atoms with Crippen LogP contribution in [0.1, 0.15) is 37.9 Å². The van der Waals surface area contributed by atoms with Crippen LogP contribution in [0.3, 0.4) is 0 Å². The average Bonchev–Trinajstić information content (AvgIpc) is 3.18. The van der Waals surface area contributed by atoms with E-state index in [0.29, 0.717) is 53.9 Å². The van der Waals surface area contributed by atoms with Crippen molar-refractivity contribution in [1.29, 1.82) is 0 Å². The van der Waals surface area contributed by atoms with Gasteiger partial charge in [-0.3, -0.25) is 9.36 Å². The monoisotopic (exact) mass is 620 g/mol. The van der Waals surface area contributed by atoms with Gasteiger partial charge in [0.2, 0.25) is 0 Å². The number of ether oxygens (including phenoxy) is 4. The van der Waals surface area contributed by atoms with Gasteiger partial charge in [0, 0.05) is 4.47 Å². The molecule has 0 amide bonds. The average molecular weight is 622 g/mol. The predicted molar refractivity (Wildman–Crippen MR) is 150 cm³/mol. The van der Waals surface area contributed by atoms with Crippen LogP contribution in [0, 0.1) is 0 Å². The Morgan fingerprint density at radius 3 is 2.50 bits per heavy atom. The molecule has 2 heterocycles. The van der Waals surface area contributed by atoms with Crippen LogP contribution in [0.2, 0.25) is 5.02 Å². The first kappa shape index (κ1) is 27.9. The number of hydrogen-bond donors (Lipinski definition) is 0. The zero-order valence-corrected chi connectivity index (χ0v) is 24.6. The fourth-order valence-corrected chi connectivity index (χ4v) is 6.05. The summed E-state index contributed by atoms with van der Waals surface area (Å²) >= 11 is 11.1. The number of carbonyl (C=O) groups excluding carboxylic acids is 1. The van der Waals surface area contributed by atoms with Crippen LogP contribution < -0.4 is 29.1 Å².